The highest BCUT2D eigenvalue weighted by atomic mass is 16.3. The van der Waals surface area contributed by atoms with Crippen LogP contribution in [0.1, 0.15) is 12.7 Å². The van der Waals surface area contributed by atoms with Crippen LogP contribution < -0.4 is 0 Å². The number of hydrogen-bond donors (Lipinski definition) is 0. The molecule has 0 saturated carbocycles. The molecule has 2 rings (SSSR count). The molecular formula is C13H11NO2. The summed E-state index contributed by atoms with van der Waals surface area (Å²) >= 11 is 0. The molecule has 0 saturated heterocycles. The van der Waals surface area contributed by atoms with Gasteiger partial charge in [0.05, 0.1) is 0 Å². The van der Waals surface area contributed by atoms with E-state index in [1.807, 2.05) is 24.3 Å². The average Bonchev–Trinajstić information content (AvgIpc) is 2.76. The van der Waals surface area contributed by atoms with Crippen molar-refractivity contribution in [1.29, 1.82) is 0 Å². The van der Waals surface area contributed by atoms with Crippen molar-refractivity contribution in [2.75, 3.05) is 0 Å². The molecule has 0 atom stereocenters. The molecule has 16 heavy (non-hydrogen) atoms. The Morgan fingerprint density at radius 2 is 2.25 bits per heavy atom. The number of furan rings is 1. The topological polar surface area (TPSA) is 43.1 Å². The first-order valence-corrected chi connectivity index (χ1v) is 4.94. The van der Waals surface area contributed by atoms with Crippen LogP contribution in [0.25, 0.3) is 17.4 Å². The molecule has 2 aromatic rings. The van der Waals surface area contributed by atoms with E-state index in [9.17, 15) is 4.79 Å². The minimum Gasteiger partial charge on any atom is -0.457 e. The lowest BCUT2D eigenvalue weighted by Gasteiger charge is -1.93. The molecule has 0 radical (unpaired) electrons. The lowest BCUT2D eigenvalue weighted by Crippen LogP contribution is -1.78. The highest BCUT2D eigenvalue weighted by Crippen LogP contribution is 2.21. The zero-order valence-corrected chi connectivity index (χ0v) is 8.88. The standard InChI is InChI=1S/C13H11NO2/c1-10(15)4-5-12-6-7-13(16-12)11-3-2-8-14-9-11/h2-9H,1H3. The highest BCUT2D eigenvalue weighted by molar-refractivity contribution is 5.91. The van der Waals surface area contributed by atoms with Gasteiger partial charge >= 0.3 is 0 Å². The van der Waals surface area contributed by atoms with E-state index in [1.165, 1.54) is 13.0 Å². The van der Waals surface area contributed by atoms with Gasteiger partial charge < -0.3 is 4.42 Å². The van der Waals surface area contributed by atoms with Crippen LogP contribution in [0.2, 0.25) is 0 Å². The van der Waals surface area contributed by atoms with Gasteiger partial charge in [-0.05, 0) is 43.3 Å². The van der Waals surface area contributed by atoms with Crippen LogP contribution in [0.5, 0.6) is 0 Å². The summed E-state index contributed by atoms with van der Waals surface area (Å²) < 4.78 is 5.54. The predicted octanol–water partition coefficient (Wildman–Crippen LogP) is 2.94. The van der Waals surface area contributed by atoms with Crippen molar-refractivity contribution in [2.45, 2.75) is 6.92 Å². The molecule has 3 heteroatoms. The molecule has 0 bridgehead atoms. The van der Waals surface area contributed by atoms with Gasteiger partial charge in [0, 0.05) is 18.0 Å². The van der Waals surface area contributed by atoms with Crippen LogP contribution in [0.4, 0.5) is 0 Å². The molecule has 2 heterocycles. The summed E-state index contributed by atoms with van der Waals surface area (Å²) in [5.74, 6) is 1.41. The zero-order chi connectivity index (χ0) is 11.4. The maximum Gasteiger partial charge on any atom is 0.152 e. The van der Waals surface area contributed by atoms with Gasteiger partial charge in [0.15, 0.2) is 5.78 Å². The van der Waals surface area contributed by atoms with E-state index in [0.29, 0.717) is 5.76 Å². The fraction of sp³-hybridized carbons (Fsp3) is 0.0769. The van der Waals surface area contributed by atoms with Gasteiger partial charge in [-0.2, -0.15) is 0 Å². The Morgan fingerprint density at radius 3 is 2.94 bits per heavy atom. The maximum absolute atomic E-state index is 10.8. The minimum absolute atomic E-state index is 0.000622. The SMILES string of the molecule is CC(=O)C=Cc1ccc(-c2cccnc2)o1. The molecule has 80 valence electrons. The largest absolute Gasteiger partial charge is 0.457 e. The van der Waals surface area contributed by atoms with Crippen molar-refractivity contribution in [3.63, 3.8) is 0 Å². The first kappa shape index (κ1) is 10.4. The van der Waals surface area contributed by atoms with E-state index in [2.05, 4.69) is 4.98 Å². The molecular weight excluding hydrogens is 202 g/mol. The normalized spacial score (nSPS) is 10.8. The Labute approximate surface area is 93.4 Å². The second kappa shape index (κ2) is 4.57. The summed E-state index contributed by atoms with van der Waals surface area (Å²) in [4.78, 5) is 14.8. The van der Waals surface area contributed by atoms with Gasteiger partial charge in [0.2, 0.25) is 0 Å². The molecule has 3 nitrogen and oxygen atoms in total. The molecule has 0 unspecified atom stereocenters. The van der Waals surface area contributed by atoms with E-state index in [-0.39, 0.29) is 5.78 Å². The van der Waals surface area contributed by atoms with Gasteiger partial charge in [0.25, 0.3) is 0 Å². The van der Waals surface area contributed by atoms with Gasteiger partial charge in [-0.1, -0.05) is 0 Å². The number of nitrogens with zero attached hydrogens (tertiary/aromatic N) is 1. The first-order valence-electron chi connectivity index (χ1n) is 4.94. The Morgan fingerprint density at radius 1 is 1.38 bits per heavy atom. The molecule has 0 spiro atoms. The van der Waals surface area contributed by atoms with E-state index in [1.54, 1.807) is 18.5 Å². The van der Waals surface area contributed by atoms with Gasteiger partial charge in [-0.25, -0.2) is 0 Å². The lowest BCUT2D eigenvalue weighted by molar-refractivity contribution is -0.112. The number of carbonyl (C=O) groups excluding carboxylic acids is 1. The lowest BCUT2D eigenvalue weighted by atomic mass is 10.2. The van der Waals surface area contributed by atoms with Crippen LogP contribution in [0.3, 0.4) is 0 Å². The van der Waals surface area contributed by atoms with Crippen molar-refractivity contribution < 1.29 is 9.21 Å². The van der Waals surface area contributed by atoms with Gasteiger partial charge in [0.1, 0.15) is 11.5 Å². The fourth-order valence-corrected chi connectivity index (χ4v) is 1.31. The van der Waals surface area contributed by atoms with E-state index >= 15 is 0 Å². The molecule has 0 aliphatic carbocycles. The van der Waals surface area contributed by atoms with Crippen molar-refractivity contribution in [3.05, 3.63) is 48.5 Å². The van der Waals surface area contributed by atoms with E-state index < -0.39 is 0 Å². The van der Waals surface area contributed by atoms with E-state index in [4.69, 9.17) is 4.42 Å². The molecule has 2 aromatic heterocycles. The molecule has 0 aliphatic rings. The third-order valence-electron chi connectivity index (χ3n) is 2.06. The van der Waals surface area contributed by atoms with Crippen molar-refractivity contribution in [1.82, 2.24) is 4.98 Å². The molecule has 0 aliphatic heterocycles. The molecule has 0 amide bonds. The summed E-state index contributed by atoms with van der Waals surface area (Å²) in [5.41, 5.74) is 0.921. The average molecular weight is 213 g/mol. The smallest absolute Gasteiger partial charge is 0.152 e. The number of aromatic nitrogens is 1. The highest BCUT2D eigenvalue weighted by Gasteiger charge is 2.02. The first-order chi connectivity index (χ1) is 7.75. The number of pyridine rings is 1. The predicted molar refractivity (Wildman–Crippen MR) is 61.7 cm³/mol. The van der Waals surface area contributed by atoms with Gasteiger partial charge in [-0.3, -0.25) is 9.78 Å². The Bertz CT molecular complexity index is 512. The molecule has 0 aromatic carbocycles. The van der Waals surface area contributed by atoms with Gasteiger partial charge in [-0.15, -0.1) is 0 Å². The number of ketones is 1. The summed E-state index contributed by atoms with van der Waals surface area (Å²) in [6.07, 6.45) is 6.58. The number of allylic oxidation sites excluding steroid dienone is 1. The third kappa shape index (κ3) is 2.45. The van der Waals surface area contributed by atoms with Crippen molar-refractivity contribution in [2.24, 2.45) is 0 Å². The van der Waals surface area contributed by atoms with E-state index in [0.717, 1.165) is 11.3 Å². The fourth-order valence-electron chi connectivity index (χ4n) is 1.31. The summed E-state index contributed by atoms with van der Waals surface area (Å²) in [6, 6.07) is 7.45. The Kier molecular flexibility index (Phi) is 2.96. The Hall–Kier alpha value is -2.16. The number of carbonyl (C=O) groups is 1. The molecule has 0 N–H and O–H groups in total. The summed E-state index contributed by atoms with van der Waals surface area (Å²) in [7, 11) is 0. The van der Waals surface area contributed by atoms with Crippen LogP contribution in [-0.4, -0.2) is 10.8 Å². The number of hydrogen-bond acceptors (Lipinski definition) is 3. The summed E-state index contributed by atoms with van der Waals surface area (Å²) in [6.45, 7) is 1.50. The second-order valence-corrected chi connectivity index (χ2v) is 3.39. The molecule has 0 fully saturated rings. The third-order valence-corrected chi connectivity index (χ3v) is 2.06. The van der Waals surface area contributed by atoms with Crippen molar-refractivity contribution >= 4 is 11.9 Å². The zero-order valence-electron chi connectivity index (χ0n) is 8.88. The Balaban J connectivity index is 2.23. The minimum atomic E-state index is -0.000622. The maximum atomic E-state index is 10.8. The summed E-state index contributed by atoms with van der Waals surface area (Å²) in [5, 5.41) is 0. The monoisotopic (exact) mass is 213 g/mol. The van der Waals surface area contributed by atoms with Crippen LogP contribution in [-0.2, 0) is 4.79 Å². The van der Waals surface area contributed by atoms with Crippen LogP contribution >= 0.6 is 0 Å². The van der Waals surface area contributed by atoms with Crippen molar-refractivity contribution in [3.8, 4) is 11.3 Å². The second-order valence-electron chi connectivity index (χ2n) is 3.39. The van der Waals surface area contributed by atoms with Crippen LogP contribution in [0.15, 0.2) is 47.2 Å². The quantitative estimate of drug-likeness (QED) is 0.736. The number of rotatable bonds is 3. The van der Waals surface area contributed by atoms with Crippen LogP contribution in [0, 0.1) is 0 Å².